The SMILES string of the molecule is CC(C)(O)C#CCCCCCCC#Cc1ccc(O)c(O)c1. The first kappa shape index (κ1) is 18.0. The van der Waals surface area contributed by atoms with Gasteiger partial charge in [-0.25, -0.2) is 0 Å². The summed E-state index contributed by atoms with van der Waals surface area (Å²) in [6.45, 7) is 3.37. The number of hydrogen-bond acceptors (Lipinski definition) is 3. The van der Waals surface area contributed by atoms with Crippen LogP contribution in [0.5, 0.6) is 11.5 Å². The van der Waals surface area contributed by atoms with E-state index in [1.807, 2.05) is 0 Å². The van der Waals surface area contributed by atoms with E-state index in [4.69, 9.17) is 0 Å². The summed E-state index contributed by atoms with van der Waals surface area (Å²) >= 11 is 0. The Bertz CT molecular complexity index is 589. The maximum atomic E-state index is 9.43. The van der Waals surface area contributed by atoms with Gasteiger partial charge in [0.05, 0.1) is 0 Å². The van der Waals surface area contributed by atoms with E-state index in [0.717, 1.165) is 38.5 Å². The normalized spacial score (nSPS) is 10.3. The van der Waals surface area contributed by atoms with Crippen LogP contribution in [0.15, 0.2) is 18.2 Å². The summed E-state index contributed by atoms with van der Waals surface area (Å²) in [5, 5.41) is 28.0. The molecule has 0 spiro atoms. The average molecular weight is 300 g/mol. The lowest BCUT2D eigenvalue weighted by Gasteiger charge is -2.05. The van der Waals surface area contributed by atoms with Crippen LogP contribution in [0.2, 0.25) is 0 Å². The van der Waals surface area contributed by atoms with Crippen LogP contribution in [-0.4, -0.2) is 20.9 Å². The molecular weight excluding hydrogens is 276 g/mol. The fraction of sp³-hybridized carbons (Fsp3) is 0.474. The van der Waals surface area contributed by atoms with Crippen LogP contribution in [0.1, 0.15) is 57.9 Å². The molecule has 0 radical (unpaired) electrons. The molecule has 0 aliphatic rings. The Labute approximate surface area is 133 Å². The Hall–Kier alpha value is -2.10. The average Bonchev–Trinajstić information content (AvgIpc) is 2.43. The van der Waals surface area contributed by atoms with Gasteiger partial charge in [0.15, 0.2) is 11.5 Å². The first-order chi connectivity index (χ1) is 10.4. The van der Waals surface area contributed by atoms with Crippen LogP contribution in [0, 0.1) is 23.7 Å². The quantitative estimate of drug-likeness (QED) is 0.442. The van der Waals surface area contributed by atoms with E-state index in [-0.39, 0.29) is 11.5 Å². The Morgan fingerprint density at radius 1 is 0.909 bits per heavy atom. The van der Waals surface area contributed by atoms with Gasteiger partial charge in [0.25, 0.3) is 0 Å². The summed E-state index contributed by atoms with van der Waals surface area (Å²) < 4.78 is 0. The Kier molecular flexibility index (Phi) is 7.37. The van der Waals surface area contributed by atoms with Crippen molar-refractivity contribution in [3.05, 3.63) is 23.8 Å². The molecule has 0 saturated heterocycles. The van der Waals surface area contributed by atoms with Crippen molar-refractivity contribution in [3.8, 4) is 35.2 Å². The van der Waals surface area contributed by atoms with Crippen LogP contribution in [0.4, 0.5) is 0 Å². The van der Waals surface area contributed by atoms with Crippen molar-refractivity contribution in [1.82, 2.24) is 0 Å². The van der Waals surface area contributed by atoms with E-state index < -0.39 is 5.60 Å². The first-order valence-electron chi connectivity index (χ1n) is 7.62. The van der Waals surface area contributed by atoms with E-state index in [2.05, 4.69) is 23.7 Å². The molecule has 0 bridgehead atoms. The van der Waals surface area contributed by atoms with Gasteiger partial charge in [-0.15, -0.1) is 5.92 Å². The highest BCUT2D eigenvalue weighted by molar-refractivity contribution is 5.46. The minimum atomic E-state index is -0.891. The van der Waals surface area contributed by atoms with E-state index in [1.54, 1.807) is 19.9 Å². The maximum Gasteiger partial charge on any atom is 0.158 e. The third kappa shape index (κ3) is 8.25. The largest absolute Gasteiger partial charge is 0.504 e. The number of hydrogen-bond donors (Lipinski definition) is 3. The monoisotopic (exact) mass is 300 g/mol. The third-order valence-electron chi connectivity index (χ3n) is 2.96. The van der Waals surface area contributed by atoms with Gasteiger partial charge in [0, 0.05) is 18.4 Å². The van der Waals surface area contributed by atoms with Gasteiger partial charge in [-0.3, -0.25) is 0 Å². The maximum absolute atomic E-state index is 9.43. The molecule has 0 atom stereocenters. The van der Waals surface area contributed by atoms with Crippen molar-refractivity contribution in [1.29, 1.82) is 0 Å². The highest BCUT2D eigenvalue weighted by Crippen LogP contribution is 2.24. The number of unbranched alkanes of at least 4 members (excludes halogenated alkanes) is 5. The van der Waals surface area contributed by atoms with Gasteiger partial charge >= 0.3 is 0 Å². The highest BCUT2D eigenvalue weighted by Gasteiger charge is 2.04. The first-order valence-corrected chi connectivity index (χ1v) is 7.62. The minimum Gasteiger partial charge on any atom is -0.504 e. The number of aromatic hydroxyl groups is 2. The number of phenols is 2. The zero-order chi connectivity index (χ0) is 16.4. The Balaban J connectivity index is 2.14. The smallest absolute Gasteiger partial charge is 0.158 e. The highest BCUT2D eigenvalue weighted by atomic mass is 16.3. The molecule has 1 rings (SSSR count). The number of benzene rings is 1. The molecule has 22 heavy (non-hydrogen) atoms. The zero-order valence-corrected chi connectivity index (χ0v) is 13.3. The van der Waals surface area contributed by atoms with Crippen molar-refractivity contribution >= 4 is 0 Å². The lowest BCUT2D eigenvalue weighted by molar-refractivity contribution is 0.143. The predicted molar refractivity (Wildman–Crippen MR) is 88.4 cm³/mol. The zero-order valence-electron chi connectivity index (χ0n) is 13.3. The van der Waals surface area contributed by atoms with Crippen LogP contribution in [0.25, 0.3) is 0 Å². The summed E-state index contributed by atoms with van der Waals surface area (Å²) in [5.41, 5.74) is -0.185. The summed E-state index contributed by atoms with van der Waals surface area (Å²) in [6.07, 6.45) is 5.94. The number of rotatable bonds is 5. The van der Waals surface area contributed by atoms with Crippen LogP contribution in [0.3, 0.4) is 0 Å². The van der Waals surface area contributed by atoms with Crippen molar-refractivity contribution < 1.29 is 15.3 Å². The molecular formula is C19H24O3. The van der Waals surface area contributed by atoms with Crippen LogP contribution in [-0.2, 0) is 0 Å². The second-order valence-electron chi connectivity index (χ2n) is 5.78. The summed E-state index contributed by atoms with van der Waals surface area (Å²) in [7, 11) is 0. The van der Waals surface area contributed by atoms with Crippen molar-refractivity contribution in [2.24, 2.45) is 0 Å². The second kappa shape index (κ2) is 9.03. The lowest BCUT2D eigenvalue weighted by atomic mass is 10.1. The van der Waals surface area contributed by atoms with E-state index in [1.165, 1.54) is 12.1 Å². The molecule has 3 nitrogen and oxygen atoms in total. The van der Waals surface area contributed by atoms with Crippen molar-refractivity contribution in [3.63, 3.8) is 0 Å². The van der Waals surface area contributed by atoms with Crippen LogP contribution >= 0.6 is 0 Å². The summed E-state index contributed by atoms with van der Waals surface area (Å²) in [4.78, 5) is 0. The molecule has 118 valence electrons. The molecule has 0 unspecified atom stereocenters. The molecule has 1 aromatic rings. The topological polar surface area (TPSA) is 60.7 Å². The molecule has 0 aliphatic heterocycles. The van der Waals surface area contributed by atoms with E-state index in [0.29, 0.717) is 5.56 Å². The van der Waals surface area contributed by atoms with Gasteiger partial charge in [0.1, 0.15) is 5.60 Å². The molecule has 3 heteroatoms. The minimum absolute atomic E-state index is 0.127. The molecule has 0 fully saturated rings. The van der Waals surface area contributed by atoms with E-state index >= 15 is 0 Å². The number of phenolic OH excluding ortho intramolecular Hbond substituents is 2. The van der Waals surface area contributed by atoms with Crippen LogP contribution < -0.4 is 0 Å². The molecule has 3 N–H and O–H groups in total. The summed E-state index contributed by atoms with van der Waals surface area (Å²) in [6, 6.07) is 4.58. The van der Waals surface area contributed by atoms with Gasteiger partial charge in [-0.05, 0) is 44.9 Å². The standard InChI is InChI=1S/C19H24O3/c1-19(2,22)14-10-8-6-4-3-5-7-9-11-16-12-13-17(20)18(21)15-16/h12-13,15,20-22H,3-8H2,1-2H3. The summed E-state index contributed by atoms with van der Waals surface area (Å²) in [5.74, 6) is 11.6. The third-order valence-corrected chi connectivity index (χ3v) is 2.96. The predicted octanol–water partition coefficient (Wildman–Crippen LogP) is 3.56. The van der Waals surface area contributed by atoms with E-state index in [9.17, 15) is 15.3 Å². The second-order valence-corrected chi connectivity index (χ2v) is 5.78. The molecule has 0 heterocycles. The Morgan fingerprint density at radius 3 is 2.14 bits per heavy atom. The lowest BCUT2D eigenvalue weighted by Crippen LogP contribution is -2.14. The van der Waals surface area contributed by atoms with Crippen molar-refractivity contribution in [2.75, 3.05) is 0 Å². The molecule has 0 aliphatic carbocycles. The van der Waals surface area contributed by atoms with Gasteiger partial charge in [-0.1, -0.05) is 30.6 Å². The molecule has 1 aromatic carbocycles. The molecule has 0 amide bonds. The molecule has 0 saturated carbocycles. The fourth-order valence-electron chi connectivity index (χ4n) is 1.82. The molecule has 0 aromatic heterocycles. The fourth-order valence-corrected chi connectivity index (χ4v) is 1.82. The van der Waals surface area contributed by atoms with Gasteiger partial charge < -0.3 is 15.3 Å². The van der Waals surface area contributed by atoms with Gasteiger partial charge in [0.2, 0.25) is 0 Å². The van der Waals surface area contributed by atoms with Gasteiger partial charge in [-0.2, -0.15) is 0 Å². The Morgan fingerprint density at radius 2 is 1.55 bits per heavy atom. The number of aliphatic hydroxyl groups is 1. The van der Waals surface area contributed by atoms with Crippen molar-refractivity contribution in [2.45, 2.75) is 58.0 Å².